The van der Waals surface area contributed by atoms with E-state index in [4.69, 9.17) is 13.9 Å². The number of nitrogens with zero attached hydrogens (tertiary/aromatic N) is 1. The first kappa shape index (κ1) is 22.0. The Morgan fingerprint density at radius 1 is 0.853 bits per heavy atom. The van der Waals surface area contributed by atoms with E-state index in [0.29, 0.717) is 35.1 Å². The van der Waals surface area contributed by atoms with Gasteiger partial charge >= 0.3 is 11.9 Å². The van der Waals surface area contributed by atoms with Crippen LogP contribution in [0, 0.1) is 0 Å². The molecule has 0 fully saturated rings. The monoisotopic (exact) mass is 457 g/mol. The van der Waals surface area contributed by atoms with Crippen molar-refractivity contribution in [3.63, 3.8) is 0 Å². The van der Waals surface area contributed by atoms with Crippen molar-refractivity contribution in [1.29, 1.82) is 0 Å². The first-order valence-electron chi connectivity index (χ1n) is 11.7. The highest BCUT2D eigenvalue weighted by atomic mass is 16.5. The summed E-state index contributed by atoms with van der Waals surface area (Å²) in [5.41, 5.74) is 5.77. The van der Waals surface area contributed by atoms with Crippen molar-refractivity contribution in [1.82, 2.24) is 4.57 Å². The van der Waals surface area contributed by atoms with Crippen molar-refractivity contribution >= 4 is 44.8 Å². The summed E-state index contributed by atoms with van der Waals surface area (Å²) < 4.78 is 19.1. The quantitative estimate of drug-likeness (QED) is 0.167. The smallest absolute Gasteiger partial charge is 0.340 e. The summed E-state index contributed by atoms with van der Waals surface area (Å²) in [5.74, 6) is -0.815. The predicted octanol–water partition coefficient (Wildman–Crippen LogP) is 6.45. The summed E-state index contributed by atoms with van der Waals surface area (Å²) in [6, 6.07) is 13.5. The lowest BCUT2D eigenvalue weighted by molar-refractivity contribution is 0.0593. The van der Waals surface area contributed by atoms with E-state index in [1.807, 2.05) is 42.5 Å². The van der Waals surface area contributed by atoms with Gasteiger partial charge in [-0.25, -0.2) is 9.59 Å². The Morgan fingerprint density at radius 3 is 2.18 bits per heavy atom. The third-order valence-corrected chi connectivity index (χ3v) is 6.50. The van der Waals surface area contributed by atoms with Crippen LogP contribution in [0.1, 0.15) is 58.7 Å². The van der Waals surface area contributed by atoms with Crippen molar-refractivity contribution in [3.8, 4) is 5.69 Å². The van der Waals surface area contributed by atoms with Gasteiger partial charge in [0.05, 0.1) is 36.6 Å². The Hall–Kier alpha value is -3.80. The van der Waals surface area contributed by atoms with Crippen molar-refractivity contribution < 1.29 is 23.5 Å². The largest absolute Gasteiger partial charge is 0.465 e. The Kier molecular flexibility index (Phi) is 5.52. The molecule has 0 radical (unpaired) electrons. The van der Waals surface area contributed by atoms with Crippen LogP contribution in [-0.2, 0) is 22.3 Å². The number of carbonyl (C=O) groups is 2. The molecule has 5 rings (SSSR count). The Labute approximate surface area is 197 Å². The fourth-order valence-electron chi connectivity index (χ4n) is 5.21. The molecule has 2 aliphatic rings. The molecule has 0 amide bonds. The molecule has 0 bridgehead atoms. The maximum absolute atomic E-state index is 13.2. The van der Waals surface area contributed by atoms with Crippen LogP contribution in [0.25, 0.3) is 38.5 Å². The number of fused-ring (bicyclic) bond motifs is 2. The second kappa shape index (κ2) is 8.52. The average molecular weight is 458 g/mol. The normalized spacial score (nSPS) is 11.6. The highest BCUT2D eigenvalue weighted by molar-refractivity contribution is 6.22. The molecule has 0 aliphatic carbocycles. The first-order valence-corrected chi connectivity index (χ1v) is 11.7. The van der Waals surface area contributed by atoms with E-state index in [1.54, 1.807) is 0 Å². The number of para-hydroxylation sites is 2. The van der Waals surface area contributed by atoms with Gasteiger partial charge in [-0.2, -0.15) is 0 Å². The molecule has 6 nitrogen and oxygen atoms in total. The van der Waals surface area contributed by atoms with Crippen LogP contribution in [0.3, 0.4) is 0 Å². The number of benzene rings is 3. The van der Waals surface area contributed by atoms with Crippen LogP contribution in [0.15, 0.2) is 46.9 Å². The van der Waals surface area contributed by atoms with Gasteiger partial charge in [-0.05, 0) is 30.4 Å². The van der Waals surface area contributed by atoms with Gasteiger partial charge in [-0.15, -0.1) is 0 Å². The van der Waals surface area contributed by atoms with E-state index in [1.165, 1.54) is 14.2 Å². The maximum atomic E-state index is 13.2. The van der Waals surface area contributed by atoms with Gasteiger partial charge in [0, 0.05) is 22.0 Å². The molecule has 0 spiro atoms. The molecular formula is C28H27NO5. The van der Waals surface area contributed by atoms with Gasteiger partial charge in [0.1, 0.15) is 0 Å². The van der Waals surface area contributed by atoms with Crippen molar-refractivity contribution in [3.05, 3.63) is 64.8 Å². The van der Waals surface area contributed by atoms with Gasteiger partial charge in [0.2, 0.25) is 0 Å². The molecule has 2 aliphatic heterocycles. The zero-order valence-corrected chi connectivity index (χ0v) is 19.9. The minimum absolute atomic E-state index is 0.399. The molecule has 174 valence electrons. The SMILES string of the molecule is CCCc1c(C(=O)OC)c2cccc3c(C(=O)OC)c(CCC)n4c5ccccc5oc1c-4c23. The number of ether oxygens (including phenoxy) is 2. The topological polar surface area (TPSA) is 70.7 Å². The molecule has 0 aromatic heterocycles. The fourth-order valence-corrected chi connectivity index (χ4v) is 5.21. The number of carbonyl (C=O) groups excluding carboxylic acids is 2. The van der Waals surface area contributed by atoms with Gasteiger partial charge in [0.15, 0.2) is 11.2 Å². The second-order valence-electron chi connectivity index (χ2n) is 8.47. The molecule has 34 heavy (non-hydrogen) atoms. The molecule has 2 heterocycles. The summed E-state index contributed by atoms with van der Waals surface area (Å²) in [5, 5.41) is 2.29. The zero-order valence-electron chi connectivity index (χ0n) is 19.9. The van der Waals surface area contributed by atoms with E-state index in [9.17, 15) is 9.59 Å². The molecule has 6 heteroatoms. The van der Waals surface area contributed by atoms with E-state index >= 15 is 0 Å². The number of aromatic nitrogens is 1. The van der Waals surface area contributed by atoms with Crippen molar-refractivity contribution in [2.24, 2.45) is 0 Å². The summed E-state index contributed by atoms with van der Waals surface area (Å²) in [7, 11) is 2.79. The highest BCUT2D eigenvalue weighted by Crippen LogP contribution is 2.45. The lowest BCUT2D eigenvalue weighted by atomic mass is 9.88. The van der Waals surface area contributed by atoms with Crippen LogP contribution in [0.4, 0.5) is 0 Å². The molecular weight excluding hydrogens is 430 g/mol. The lowest BCUT2D eigenvalue weighted by Crippen LogP contribution is -2.19. The van der Waals surface area contributed by atoms with Crippen LogP contribution in [-0.4, -0.2) is 30.7 Å². The number of pyridine rings is 1. The van der Waals surface area contributed by atoms with E-state index in [2.05, 4.69) is 18.4 Å². The van der Waals surface area contributed by atoms with E-state index < -0.39 is 11.9 Å². The summed E-state index contributed by atoms with van der Waals surface area (Å²) in [6.45, 7) is 4.17. The number of hydrogen-bond acceptors (Lipinski definition) is 5. The predicted molar refractivity (Wildman–Crippen MR) is 132 cm³/mol. The van der Waals surface area contributed by atoms with Gasteiger partial charge in [-0.1, -0.05) is 57.0 Å². The van der Waals surface area contributed by atoms with Crippen molar-refractivity contribution in [2.45, 2.75) is 39.5 Å². The Bertz CT molecular complexity index is 1540. The molecule has 3 aromatic carbocycles. The Balaban J connectivity index is 2.18. The number of hydrogen-bond donors (Lipinski definition) is 0. The maximum Gasteiger partial charge on any atom is 0.340 e. The summed E-state index contributed by atoms with van der Waals surface area (Å²) in [4.78, 5) is 26.3. The minimum Gasteiger partial charge on any atom is -0.465 e. The zero-order chi connectivity index (χ0) is 24.0. The summed E-state index contributed by atoms with van der Waals surface area (Å²) >= 11 is 0. The third kappa shape index (κ3) is 3.01. The number of rotatable bonds is 6. The molecule has 0 N–H and O–H groups in total. The average Bonchev–Trinajstić information content (AvgIpc) is 2.86. The van der Waals surface area contributed by atoms with Gasteiger partial charge < -0.3 is 18.5 Å². The third-order valence-electron chi connectivity index (χ3n) is 6.50. The van der Waals surface area contributed by atoms with Crippen LogP contribution < -0.4 is 0 Å². The van der Waals surface area contributed by atoms with E-state index in [0.717, 1.165) is 51.5 Å². The van der Waals surface area contributed by atoms with Crippen LogP contribution >= 0.6 is 0 Å². The molecule has 0 unspecified atom stereocenters. The molecule has 0 saturated heterocycles. The lowest BCUT2D eigenvalue weighted by Gasteiger charge is -2.28. The minimum atomic E-state index is -0.416. The number of esters is 2. The second-order valence-corrected chi connectivity index (χ2v) is 8.47. The molecule has 3 aromatic rings. The van der Waals surface area contributed by atoms with Gasteiger partial charge in [-0.3, -0.25) is 0 Å². The van der Waals surface area contributed by atoms with Crippen molar-refractivity contribution in [2.75, 3.05) is 14.2 Å². The highest BCUT2D eigenvalue weighted by Gasteiger charge is 2.32. The standard InChI is InChI=1S/C28H27NO5/c1-5-10-18-23(27(30)32-3)16-12-9-13-17-22(16)25-26(18)34-21-15-8-7-14-19(21)29(25)20(11-6-2)24(17)28(31)33-4/h7-9,12-15H,5-6,10-11H2,1-4H3. The first-order chi connectivity index (χ1) is 16.6. The fraction of sp³-hybridized carbons (Fsp3) is 0.286. The number of methoxy groups -OCH3 is 2. The molecule has 0 saturated carbocycles. The molecule has 0 atom stereocenters. The van der Waals surface area contributed by atoms with Crippen LogP contribution in [0.5, 0.6) is 0 Å². The van der Waals surface area contributed by atoms with Crippen LogP contribution in [0.2, 0.25) is 0 Å². The Morgan fingerprint density at radius 2 is 1.50 bits per heavy atom. The van der Waals surface area contributed by atoms with E-state index in [-0.39, 0.29) is 0 Å². The van der Waals surface area contributed by atoms with Gasteiger partial charge in [0.25, 0.3) is 0 Å². The number of aryl methyl sites for hydroxylation is 1. The summed E-state index contributed by atoms with van der Waals surface area (Å²) in [6.07, 6.45) is 3.01.